The number of nitrogens with one attached hydrogen (secondary N) is 1. The molecule has 1 aromatic carbocycles. The van der Waals surface area contributed by atoms with Crippen molar-refractivity contribution in [3.63, 3.8) is 0 Å². The first kappa shape index (κ1) is 24.2. The van der Waals surface area contributed by atoms with Crippen molar-refractivity contribution in [2.24, 2.45) is 5.92 Å². The van der Waals surface area contributed by atoms with Gasteiger partial charge in [0.15, 0.2) is 6.61 Å². The largest absolute Gasteiger partial charge is 0.455 e. The highest BCUT2D eigenvalue weighted by Crippen LogP contribution is 2.26. The summed E-state index contributed by atoms with van der Waals surface area (Å²) in [6, 6.07) is 10.0. The molecule has 1 N–H and O–H groups in total. The van der Waals surface area contributed by atoms with Gasteiger partial charge in [0.25, 0.3) is 5.91 Å². The highest BCUT2D eigenvalue weighted by atomic mass is 35.5. The number of nitrogens with zero attached hydrogens (tertiary/aromatic N) is 2. The van der Waals surface area contributed by atoms with Crippen LogP contribution in [0.5, 0.6) is 0 Å². The maximum Gasteiger partial charge on any atom is 0.309 e. The maximum atomic E-state index is 12.9. The third-order valence-corrected chi connectivity index (χ3v) is 7.45. The van der Waals surface area contributed by atoms with Crippen molar-refractivity contribution in [1.82, 2.24) is 9.29 Å². The van der Waals surface area contributed by atoms with Crippen molar-refractivity contribution in [2.75, 3.05) is 25.0 Å². The van der Waals surface area contributed by atoms with Crippen LogP contribution in [-0.2, 0) is 24.3 Å². The van der Waals surface area contributed by atoms with Crippen molar-refractivity contribution in [3.05, 3.63) is 53.2 Å². The van der Waals surface area contributed by atoms with Crippen LogP contribution in [0.15, 0.2) is 47.5 Å². The summed E-state index contributed by atoms with van der Waals surface area (Å²) in [6.45, 7) is 4.09. The molecule has 172 valence electrons. The number of pyridine rings is 1. The van der Waals surface area contributed by atoms with E-state index in [-0.39, 0.29) is 18.0 Å². The summed E-state index contributed by atoms with van der Waals surface area (Å²) in [7, 11) is -3.62. The zero-order chi connectivity index (χ0) is 23.3. The molecule has 0 atom stereocenters. The Bertz CT molecular complexity index is 1050. The van der Waals surface area contributed by atoms with E-state index in [0.717, 1.165) is 5.56 Å². The van der Waals surface area contributed by atoms with Gasteiger partial charge in [0.05, 0.1) is 15.8 Å². The quantitative estimate of drug-likeness (QED) is 0.610. The van der Waals surface area contributed by atoms with E-state index in [9.17, 15) is 18.0 Å². The Hall–Kier alpha value is -2.49. The lowest BCUT2D eigenvalue weighted by molar-refractivity contribution is -0.152. The number of amides is 1. The van der Waals surface area contributed by atoms with Gasteiger partial charge in [-0.25, -0.2) is 13.4 Å². The second kappa shape index (κ2) is 10.4. The second-order valence-electron chi connectivity index (χ2n) is 7.92. The Labute approximate surface area is 193 Å². The number of ether oxygens (including phenoxy) is 1. The number of piperidine rings is 1. The zero-order valence-electron chi connectivity index (χ0n) is 18.0. The lowest BCUT2D eigenvalue weighted by atomic mass is 9.98. The molecule has 0 bridgehead atoms. The summed E-state index contributed by atoms with van der Waals surface area (Å²) in [5, 5.41) is 2.95. The molecule has 1 saturated heterocycles. The number of aromatic nitrogens is 1. The lowest BCUT2D eigenvalue weighted by Crippen LogP contribution is -2.40. The predicted molar refractivity (Wildman–Crippen MR) is 121 cm³/mol. The molecule has 0 saturated carbocycles. The van der Waals surface area contributed by atoms with Gasteiger partial charge in [-0.15, -0.1) is 0 Å². The van der Waals surface area contributed by atoms with E-state index in [1.807, 2.05) is 26.0 Å². The third kappa shape index (κ3) is 6.05. The van der Waals surface area contributed by atoms with Crippen molar-refractivity contribution < 1.29 is 22.7 Å². The van der Waals surface area contributed by atoms with Gasteiger partial charge in [-0.2, -0.15) is 4.31 Å². The number of anilines is 1. The Morgan fingerprint density at radius 2 is 1.81 bits per heavy atom. The summed E-state index contributed by atoms with van der Waals surface area (Å²) in [5.41, 5.74) is 1.07. The zero-order valence-corrected chi connectivity index (χ0v) is 19.5. The third-order valence-electron chi connectivity index (χ3n) is 5.31. The van der Waals surface area contributed by atoms with Crippen LogP contribution in [0, 0.1) is 5.92 Å². The summed E-state index contributed by atoms with van der Waals surface area (Å²) in [4.78, 5) is 28.4. The molecule has 1 aliphatic rings. The van der Waals surface area contributed by atoms with E-state index >= 15 is 0 Å². The second-order valence-corrected chi connectivity index (χ2v) is 10.3. The predicted octanol–water partition coefficient (Wildman–Crippen LogP) is 3.44. The normalized spacial score (nSPS) is 15.5. The number of rotatable bonds is 7. The van der Waals surface area contributed by atoms with E-state index in [0.29, 0.717) is 29.6 Å². The summed E-state index contributed by atoms with van der Waals surface area (Å²) < 4.78 is 32.3. The first-order valence-electron chi connectivity index (χ1n) is 10.3. The number of hydrogen-bond acceptors (Lipinski definition) is 6. The van der Waals surface area contributed by atoms with Crippen molar-refractivity contribution in [1.29, 1.82) is 0 Å². The minimum atomic E-state index is -3.62. The van der Waals surface area contributed by atoms with Gasteiger partial charge >= 0.3 is 5.97 Å². The van der Waals surface area contributed by atoms with Gasteiger partial charge in [-0.3, -0.25) is 9.59 Å². The highest BCUT2D eigenvalue weighted by Gasteiger charge is 2.33. The van der Waals surface area contributed by atoms with Crippen molar-refractivity contribution >= 4 is 39.3 Å². The molecule has 32 heavy (non-hydrogen) atoms. The molecule has 8 nitrogen and oxygen atoms in total. The monoisotopic (exact) mass is 479 g/mol. The average molecular weight is 480 g/mol. The van der Waals surface area contributed by atoms with E-state index in [1.54, 1.807) is 18.2 Å². The Balaban J connectivity index is 1.48. The fourth-order valence-electron chi connectivity index (χ4n) is 3.39. The van der Waals surface area contributed by atoms with E-state index in [4.69, 9.17) is 16.3 Å². The van der Waals surface area contributed by atoms with Crippen LogP contribution in [0.3, 0.4) is 0 Å². The highest BCUT2D eigenvalue weighted by molar-refractivity contribution is 7.89. The minimum absolute atomic E-state index is 0.217. The van der Waals surface area contributed by atoms with Crippen molar-refractivity contribution in [3.8, 4) is 0 Å². The fourth-order valence-corrected chi connectivity index (χ4v) is 4.97. The lowest BCUT2D eigenvalue weighted by Gasteiger charge is -2.30. The number of carbonyl (C=O) groups is 2. The molecule has 1 amide bonds. The van der Waals surface area contributed by atoms with Gasteiger partial charge in [0, 0.05) is 19.3 Å². The van der Waals surface area contributed by atoms with Gasteiger partial charge < -0.3 is 10.1 Å². The summed E-state index contributed by atoms with van der Waals surface area (Å²) in [5.74, 6) is -0.861. The standard InChI is InChI=1S/C22H26ClN3O5S/c1-15(2)16-3-6-19(7-4-16)32(29,30)26-11-9-17(10-12-26)22(28)31-14-21(27)25-20-8-5-18(23)13-24-20/h3-8,13,15,17H,9-12,14H2,1-2H3,(H,24,25,27). The topological polar surface area (TPSA) is 106 Å². The molecule has 0 spiro atoms. The number of carbonyl (C=O) groups excluding carboxylic acids is 2. The molecule has 3 rings (SSSR count). The molecule has 1 fully saturated rings. The maximum absolute atomic E-state index is 12.9. The average Bonchev–Trinajstić information content (AvgIpc) is 2.79. The smallest absolute Gasteiger partial charge is 0.309 e. The number of hydrogen-bond donors (Lipinski definition) is 1. The Morgan fingerprint density at radius 1 is 1.16 bits per heavy atom. The molecule has 1 aliphatic heterocycles. The van der Waals surface area contributed by atoms with Gasteiger partial charge in [-0.1, -0.05) is 37.6 Å². The number of esters is 1. The first-order valence-corrected chi connectivity index (χ1v) is 12.2. The van der Waals surface area contributed by atoms with Crippen LogP contribution < -0.4 is 5.32 Å². The van der Waals surface area contributed by atoms with Crippen LogP contribution in [0.1, 0.15) is 38.2 Å². The molecule has 10 heteroatoms. The number of sulfonamides is 1. The molecule has 0 aliphatic carbocycles. The van der Waals surface area contributed by atoms with E-state index < -0.39 is 34.4 Å². The van der Waals surface area contributed by atoms with Crippen LogP contribution in [0.25, 0.3) is 0 Å². The molecule has 2 aromatic rings. The van der Waals surface area contributed by atoms with Gasteiger partial charge in [0.1, 0.15) is 5.82 Å². The summed E-state index contributed by atoms with van der Waals surface area (Å²) >= 11 is 5.74. The summed E-state index contributed by atoms with van der Waals surface area (Å²) in [6.07, 6.45) is 2.06. The van der Waals surface area contributed by atoms with E-state index in [1.165, 1.54) is 16.6 Å². The van der Waals surface area contributed by atoms with Crippen LogP contribution in [0.4, 0.5) is 5.82 Å². The van der Waals surface area contributed by atoms with Crippen LogP contribution in [-0.4, -0.2) is 49.3 Å². The molecular formula is C22H26ClN3O5S. The van der Waals surface area contributed by atoms with Crippen LogP contribution >= 0.6 is 11.6 Å². The number of halogens is 1. The van der Waals surface area contributed by atoms with Crippen molar-refractivity contribution in [2.45, 2.75) is 37.5 Å². The minimum Gasteiger partial charge on any atom is -0.455 e. The fraction of sp³-hybridized carbons (Fsp3) is 0.409. The molecular weight excluding hydrogens is 454 g/mol. The first-order chi connectivity index (χ1) is 15.2. The SMILES string of the molecule is CC(C)c1ccc(S(=O)(=O)N2CCC(C(=O)OCC(=O)Nc3ccc(Cl)cn3)CC2)cc1. The van der Waals surface area contributed by atoms with Gasteiger partial charge in [-0.05, 0) is 48.6 Å². The van der Waals surface area contributed by atoms with Gasteiger partial charge in [0.2, 0.25) is 10.0 Å². The Kier molecular flexibility index (Phi) is 7.86. The Morgan fingerprint density at radius 3 is 2.38 bits per heavy atom. The molecule has 1 aromatic heterocycles. The molecule has 0 unspecified atom stereocenters. The molecule has 0 radical (unpaired) electrons. The van der Waals surface area contributed by atoms with E-state index in [2.05, 4.69) is 10.3 Å². The molecule has 2 heterocycles. The number of benzene rings is 1. The van der Waals surface area contributed by atoms with Crippen LogP contribution in [0.2, 0.25) is 5.02 Å².